The minimum absolute atomic E-state index is 0.219. The van der Waals surface area contributed by atoms with Gasteiger partial charge in [-0.2, -0.15) is 0 Å². The molecule has 1 saturated heterocycles. The van der Waals surface area contributed by atoms with E-state index in [4.69, 9.17) is 0 Å². The monoisotopic (exact) mass is 338 g/mol. The largest absolute Gasteiger partial charge is 0.317 e. The van der Waals surface area contributed by atoms with Gasteiger partial charge in [0.15, 0.2) is 5.78 Å². The molecule has 1 aromatic rings. The lowest BCUT2D eigenvalue weighted by Gasteiger charge is -2.44. The molecule has 1 heterocycles. The summed E-state index contributed by atoms with van der Waals surface area (Å²) in [5.74, 6) is 0.219. The molecule has 1 N–H and O–H groups in total. The van der Waals surface area contributed by atoms with Crippen LogP contribution in [0.25, 0.3) is 0 Å². The van der Waals surface area contributed by atoms with Crippen LogP contribution in [0, 0.1) is 0 Å². The number of hydrogen-bond acceptors (Lipinski definition) is 3. The number of nitrogens with one attached hydrogen (secondary N) is 1. The van der Waals surface area contributed by atoms with E-state index in [1.54, 1.807) is 6.92 Å². The predicted molar refractivity (Wildman–Crippen MR) is 85.9 cm³/mol. The van der Waals surface area contributed by atoms with Crippen LogP contribution in [0.5, 0.6) is 0 Å². The van der Waals surface area contributed by atoms with Gasteiger partial charge >= 0.3 is 0 Å². The number of carbonyl (C=O) groups is 1. The van der Waals surface area contributed by atoms with Crippen molar-refractivity contribution in [3.05, 3.63) is 34.3 Å². The molecular weight excluding hydrogens is 316 g/mol. The van der Waals surface area contributed by atoms with Gasteiger partial charge in [0.05, 0.1) is 0 Å². The molecular formula is C16H23BrN2O. The maximum atomic E-state index is 12.5. The fourth-order valence-corrected chi connectivity index (χ4v) is 3.47. The Hall–Kier alpha value is -0.710. The Morgan fingerprint density at radius 1 is 1.25 bits per heavy atom. The van der Waals surface area contributed by atoms with Gasteiger partial charge in [-0.15, -0.1) is 0 Å². The average Bonchev–Trinajstić information content (AvgIpc) is 2.46. The molecule has 0 bridgehead atoms. The van der Waals surface area contributed by atoms with Crippen molar-refractivity contribution in [2.75, 3.05) is 26.7 Å². The Morgan fingerprint density at radius 2 is 1.85 bits per heavy atom. The Bertz CT molecular complexity index is 454. The molecule has 1 unspecified atom stereocenters. The molecule has 0 amide bonds. The maximum absolute atomic E-state index is 12.5. The average molecular weight is 339 g/mol. The lowest BCUT2D eigenvalue weighted by atomic mass is 9.82. The fourth-order valence-electron chi connectivity index (χ4n) is 3.20. The van der Waals surface area contributed by atoms with Crippen molar-refractivity contribution >= 4 is 21.7 Å². The molecule has 1 atom stereocenters. The fraction of sp³-hybridized carbons (Fsp3) is 0.562. The smallest absolute Gasteiger partial charge is 0.155 e. The van der Waals surface area contributed by atoms with Crippen LogP contribution in [0.1, 0.15) is 31.7 Å². The van der Waals surface area contributed by atoms with Gasteiger partial charge < -0.3 is 5.32 Å². The number of halogens is 1. The van der Waals surface area contributed by atoms with Gasteiger partial charge in [-0.3, -0.25) is 9.69 Å². The van der Waals surface area contributed by atoms with Crippen molar-refractivity contribution in [1.29, 1.82) is 0 Å². The van der Waals surface area contributed by atoms with Crippen LogP contribution >= 0.6 is 15.9 Å². The zero-order valence-corrected chi connectivity index (χ0v) is 13.9. The molecule has 1 aliphatic heterocycles. The van der Waals surface area contributed by atoms with Gasteiger partial charge in [-0.25, -0.2) is 0 Å². The number of likely N-dealkylation sites (tertiary alicyclic amines) is 1. The molecule has 20 heavy (non-hydrogen) atoms. The lowest BCUT2D eigenvalue weighted by molar-refractivity contribution is -0.130. The summed E-state index contributed by atoms with van der Waals surface area (Å²) in [7, 11) is 1.92. The van der Waals surface area contributed by atoms with Gasteiger partial charge in [0.1, 0.15) is 5.54 Å². The molecule has 1 aliphatic rings. The summed E-state index contributed by atoms with van der Waals surface area (Å²) in [6, 6.07) is 8.17. The molecule has 4 heteroatoms. The third-order valence-electron chi connectivity index (χ3n) is 4.23. The number of benzene rings is 1. The van der Waals surface area contributed by atoms with Crippen molar-refractivity contribution in [1.82, 2.24) is 10.2 Å². The van der Waals surface area contributed by atoms with E-state index in [-0.39, 0.29) is 5.78 Å². The van der Waals surface area contributed by atoms with Crippen molar-refractivity contribution < 1.29 is 4.79 Å². The summed E-state index contributed by atoms with van der Waals surface area (Å²) in [6.45, 7) is 4.37. The maximum Gasteiger partial charge on any atom is 0.155 e. The van der Waals surface area contributed by atoms with Crippen LogP contribution < -0.4 is 5.32 Å². The van der Waals surface area contributed by atoms with Crippen LogP contribution in [0.2, 0.25) is 0 Å². The van der Waals surface area contributed by atoms with Gasteiger partial charge in [0.25, 0.3) is 0 Å². The predicted octanol–water partition coefficient (Wildman–Crippen LogP) is 2.94. The van der Waals surface area contributed by atoms with E-state index >= 15 is 0 Å². The number of rotatable bonds is 5. The quantitative estimate of drug-likeness (QED) is 0.895. The van der Waals surface area contributed by atoms with E-state index in [1.165, 1.54) is 19.3 Å². The normalized spacial score (nSPS) is 19.6. The zero-order valence-electron chi connectivity index (χ0n) is 12.3. The Kier molecular flexibility index (Phi) is 5.35. The van der Waals surface area contributed by atoms with E-state index in [2.05, 4.69) is 38.3 Å². The van der Waals surface area contributed by atoms with Gasteiger partial charge in [-0.05, 0) is 57.6 Å². The van der Waals surface area contributed by atoms with Crippen molar-refractivity contribution in [3.8, 4) is 0 Å². The topological polar surface area (TPSA) is 32.3 Å². The van der Waals surface area contributed by atoms with Crippen LogP contribution in [0.4, 0.5) is 0 Å². The second kappa shape index (κ2) is 6.83. The van der Waals surface area contributed by atoms with Gasteiger partial charge in [-0.1, -0.05) is 34.5 Å². The molecule has 1 fully saturated rings. The minimum Gasteiger partial charge on any atom is -0.317 e. The first-order valence-electron chi connectivity index (χ1n) is 7.28. The van der Waals surface area contributed by atoms with E-state index in [0.717, 1.165) is 23.1 Å². The zero-order chi connectivity index (χ0) is 14.6. The minimum atomic E-state index is -0.532. The third-order valence-corrected chi connectivity index (χ3v) is 4.76. The second-order valence-corrected chi connectivity index (χ2v) is 6.42. The first-order chi connectivity index (χ1) is 9.61. The van der Waals surface area contributed by atoms with E-state index < -0.39 is 5.54 Å². The summed E-state index contributed by atoms with van der Waals surface area (Å²) in [5.41, 5.74) is 0.556. The summed E-state index contributed by atoms with van der Waals surface area (Å²) in [4.78, 5) is 14.9. The summed E-state index contributed by atoms with van der Waals surface area (Å²) in [6.07, 6.45) is 3.62. The first kappa shape index (κ1) is 15.7. The Balaban J connectivity index is 2.45. The van der Waals surface area contributed by atoms with E-state index in [1.807, 2.05) is 19.2 Å². The highest BCUT2D eigenvalue weighted by Gasteiger charge is 2.42. The molecule has 0 radical (unpaired) electrons. The number of nitrogens with zero attached hydrogens (tertiary/aromatic N) is 1. The lowest BCUT2D eigenvalue weighted by Crippen LogP contribution is -2.57. The number of ketones is 1. The summed E-state index contributed by atoms with van der Waals surface area (Å²) in [5, 5.41) is 3.23. The molecule has 1 aromatic carbocycles. The number of piperidine rings is 1. The highest BCUT2D eigenvalue weighted by atomic mass is 79.9. The SMILES string of the molecule is CNCC(C(C)=O)(c1ccc(Br)cc1)N1CCCCC1. The van der Waals surface area contributed by atoms with Gasteiger partial charge in [0, 0.05) is 11.0 Å². The summed E-state index contributed by atoms with van der Waals surface area (Å²) >= 11 is 3.47. The number of carbonyl (C=O) groups excluding carboxylic acids is 1. The molecule has 0 spiro atoms. The van der Waals surface area contributed by atoms with Crippen molar-refractivity contribution in [2.45, 2.75) is 31.7 Å². The highest BCUT2D eigenvalue weighted by Crippen LogP contribution is 2.32. The third kappa shape index (κ3) is 2.97. The molecule has 3 nitrogen and oxygen atoms in total. The molecule has 2 rings (SSSR count). The molecule has 110 valence electrons. The molecule has 0 saturated carbocycles. The number of Topliss-reactive ketones (excluding diaryl/α,β-unsaturated/α-hetero) is 1. The number of likely N-dealkylation sites (N-methyl/N-ethyl adjacent to an activating group) is 1. The Labute approximate surface area is 129 Å². The number of hydrogen-bond donors (Lipinski definition) is 1. The second-order valence-electron chi connectivity index (χ2n) is 5.50. The first-order valence-corrected chi connectivity index (χ1v) is 8.07. The van der Waals surface area contributed by atoms with Crippen LogP contribution in [-0.2, 0) is 10.3 Å². The van der Waals surface area contributed by atoms with Crippen molar-refractivity contribution in [2.24, 2.45) is 0 Å². The van der Waals surface area contributed by atoms with Crippen molar-refractivity contribution in [3.63, 3.8) is 0 Å². The highest BCUT2D eigenvalue weighted by molar-refractivity contribution is 9.10. The van der Waals surface area contributed by atoms with Crippen LogP contribution in [-0.4, -0.2) is 37.4 Å². The standard InChI is InChI=1S/C16H23BrN2O/c1-13(20)16(12-18-2,19-10-4-3-5-11-19)14-6-8-15(17)9-7-14/h6-9,18H,3-5,10-12H2,1-2H3. The molecule has 0 aromatic heterocycles. The van der Waals surface area contributed by atoms with Crippen LogP contribution in [0.3, 0.4) is 0 Å². The Morgan fingerprint density at radius 3 is 2.35 bits per heavy atom. The van der Waals surface area contributed by atoms with Gasteiger partial charge in [0.2, 0.25) is 0 Å². The molecule has 0 aliphatic carbocycles. The van der Waals surface area contributed by atoms with E-state index in [0.29, 0.717) is 6.54 Å². The summed E-state index contributed by atoms with van der Waals surface area (Å²) < 4.78 is 1.04. The van der Waals surface area contributed by atoms with E-state index in [9.17, 15) is 4.79 Å². The van der Waals surface area contributed by atoms with Crippen LogP contribution in [0.15, 0.2) is 28.7 Å².